The quantitative estimate of drug-likeness (QED) is 0.344. The third-order valence-electron chi connectivity index (χ3n) is 3.87. The topological polar surface area (TPSA) is 66.0 Å². The highest BCUT2D eigenvalue weighted by Crippen LogP contribution is 2.13. The number of halogens is 1. The van der Waals surface area contributed by atoms with Crippen LogP contribution in [0.4, 0.5) is 0 Å². The molecule has 0 aliphatic carbocycles. The number of hydrogen-bond acceptors (Lipinski definition) is 3. The van der Waals surface area contributed by atoms with Crippen molar-refractivity contribution in [3.05, 3.63) is 0 Å². The molecular weight excluding hydrogens is 407 g/mol. The van der Waals surface area contributed by atoms with Crippen molar-refractivity contribution in [1.29, 1.82) is 0 Å². The fraction of sp³-hybridized carbons (Fsp3) is 0.875. The van der Waals surface area contributed by atoms with Gasteiger partial charge in [0.15, 0.2) is 5.96 Å². The van der Waals surface area contributed by atoms with E-state index in [2.05, 4.69) is 34.4 Å². The molecule has 0 aromatic rings. The van der Waals surface area contributed by atoms with E-state index in [4.69, 9.17) is 4.74 Å². The van der Waals surface area contributed by atoms with Crippen LogP contribution in [0.3, 0.4) is 0 Å². The van der Waals surface area contributed by atoms with Crippen LogP contribution in [0.2, 0.25) is 0 Å². The van der Waals surface area contributed by atoms with Gasteiger partial charge in [0, 0.05) is 45.1 Å². The van der Waals surface area contributed by atoms with Gasteiger partial charge in [-0.3, -0.25) is 9.79 Å². The summed E-state index contributed by atoms with van der Waals surface area (Å²) in [6.45, 7) is 10.1. The van der Waals surface area contributed by atoms with Gasteiger partial charge in [-0.2, -0.15) is 0 Å². The Kier molecular flexibility index (Phi) is 12.5. The highest BCUT2D eigenvalue weighted by Gasteiger charge is 2.19. The van der Waals surface area contributed by atoms with E-state index < -0.39 is 0 Å². The van der Waals surface area contributed by atoms with E-state index >= 15 is 0 Å². The largest absolute Gasteiger partial charge is 0.381 e. The van der Waals surface area contributed by atoms with Gasteiger partial charge < -0.3 is 20.3 Å². The molecule has 2 atom stereocenters. The highest BCUT2D eigenvalue weighted by molar-refractivity contribution is 14.0. The summed E-state index contributed by atoms with van der Waals surface area (Å²) >= 11 is 0. The number of amides is 1. The number of hydrogen-bond donors (Lipinski definition) is 2. The van der Waals surface area contributed by atoms with Gasteiger partial charge >= 0.3 is 0 Å². The third-order valence-corrected chi connectivity index (χ3v) is 3.87. The van der Waals surface area contributed by atoms with Crippen molar-refractivity contribution in [3.63, 3.8) is 0 Å². The number of ether oxygens (including phenoxy) is 1. The van der Waals surface area contributed by atoms with Gasteiger partial charge in [0.05, 0.1) is 13.2 Å². The first kappa shape index (κ1) is 22.4. The standard InChI is InChI=1S/C16H32N4O2.HI/c1-5-13(3)19-15(21)7-9-18-16(17-6-2)20(4)11-14-8-10-22-12-14;/h13-14H,5-12H2,1-4H3,(H,17,18)(H,19,21);1H. The Balaban J connectivity index is 0.00000484. The van der Waals surface area contributed by atoms with E-state index in [9.17, 15) is 4.79 Å². The van der Waals surface area contributed by atoms with Gasteiger partial charge in [0.25, 0.3) is 0 Å². The zero-order valence-electron chi connectivity index (χ0n) is 14.9. The number of rotatable bonds is 8. The lowest BCUT2D eigenvalue weighted by atomic mass is 10.1. The van der Waals surface area contributed by atoms with Crippen molar-refractivity contribution in [3.8, 4) is 0 Å². The molecule has 2 N–H and O–H groups in total. The third kappa shape index (κ3) is 9.34. The average molecular weight is 440 g/mol. The van der Waals surface area contributed by atoms with Gasteiger partial charge in [-0.1, -0.05) is 6.92 Å². The van der Waals surface area contributed by atoms with E-state index in [0.717, 1.165) is 45.1 Å². The molecule has 1 heterocycles. The highest BCUT2D eigenvalue weighted by atomic mass is 127. The summed E-state index contributed by atoms with van der Waals surface area (Å²) in [5.74, 6) is 1.51. The lowest BCUT2D eigenvalue weighted by Gasteiger charge is -2.24. The number of nitrogens with one attached hydrogen (secondary N) is 2. The number of guanidine groups is 1. The Labute approximate surface area is 157 Å². The Morgan fingerprint density at radius 3 is 2.74 bits per heavy atom. The second-order valence-electron chi connectivity index (χ2n) is 5.97. The number of nitrogens with zero attached hydrogens (tertiary/aromatic N) is 2. The first-order valence-corrected chi connectivity index (χ1v) is 8.43. The molecule has 1 aliphatic rings. The summed E-state index contributed by atoms with van der Waals surface area (Å²) in [6.07, 6.45) is 2.49. The summed E-state index contributed by atoms with van der Waals surface area (Å²) in [6, 6.07) is 0.231. The maximum atomic E-state index is 11.8. The molecular formula is C16H33IN4O2. The molecule has 1 aliphatic heterocycles. The minimum Gasteiger partial charge on any atom is -0.381 e. The summed E-state index contributed by atoms with van der Waals surface area (Å²) in [5.41, 5.74) is 0. The molecule has 1 amide bonds. The Morgan fingerprint density at radius 2 is 2.17 bits per heavy atom. The van der Waals surface area contributed by atoms with Crippen LogP contribution in [-0.2, 0) is 9.53 Å². The molecule has 0 radical (unpaired) electrons. The van der Waals surface area contributed by atoms with Crippen LogP contribution in [0.1, 0.15) is 40.0 Å². The van der Waals surface area contributed by atoms with Crippen LogP contribution >= 0.6 is 24.0 Å². The first-order valence-electron chi connectivity index (χ1n) is 8.43. The Bertz CT molecular complexity index is 360. The normalized spacial score (nSPS) is 19.0. The average Bonchev–Trinajstić information content (AvgIpc) is 2.99. The maximum absolute atomic E-state index is 11.8. The Hall–Kier alpha value is -0.570. The lowest BCUT2D eigenvalue weighted by molar-refractivity contribution is -0.121. The van der Waals surface area contributed by atoms with Crippen molar-refractivity contribution in [1.82, 2.24) is 15.5 Å². The molecule has 1 fully saturated rings. The van der Waals surface area contributed by atoms with E-state index in [1.165, 1.54) is 0 Å². The smallest absolute Gasteiger partial charge is 0.222 e. The van der Waals surface area contributed by atoms with Crippen LogP contribution in [0.25, 0.3) is 0 Å². The molecule has 2 unspecified atom stereocenters. The van der Waals surface area contributed by atoms with Gasteiger partial charge in [-0.25, -0.2) is 0 Å². The molecule has 0 saturated carbocycles. The van der Waals surface area contributed by atoms with Gasteiger partial charge in [-0.15, -0.1) is 24.0 Å². The van der Waals surface area contributed by atoms with Crippen molar-refractivity contribution in [2.24, 2.45) is 10.9 Å². The van der Waals surface area contributed by atoms with E-state index in [1.807, 2.05) is 14.0 Å². The number of carbonyl (C=O) groups is 1. The van der Waals surface area contributed by atoms with Crippen molar-refractivity contribution in [2.75, 3.05) is 39.9 Å². The Morgan fingerprint density at radius 1 is 1.43 bits per heavy atom. The zero-order valence-corrected chi connectivity index (χ0v) is 17.3. The van der Waals surface area contributed by atoms with Crippen molar-refractivity contribution >= 4 is 35.8 Å². The summed E-state index contributed by atoms with van der Waals surface area (Å²) in [5, 5.41) is 6.25. The van der Waals surface area contributed by atoms with Crippen LogP contribution < -0.4 is 10.6 Å². The van der Waals surface area contributed by atoms with Gasteiger partial charge in [0.1, 0.15) is 0 Å². The van der Waals surface area contributed by atoms with Gasteiger partial charge in [-0.05, 0) is 26.7 Å². The summed E-state index contributed by atoms with van der Waals surface area (Å²) < 4.78 is 5.42. The molecule has 23 heavy (non-hydrogen) atoms. The molecule has 1 rings (SSSR count). The number of aliphatic imine (C=N–C) groups is 1. The fourth-order valence-corrected chi connectivity index (χ4v) is 2.38. The van der Waals surface area contributed by atoms with Crippen LogP contribution in [0.15, 0.2) is 4.99 Å². The predicted octanol–water partition coefficient (Wildman–Crippen LogP) is 1.84. The SMILES string of the molecule is CCNC(=NCCC(=O)NC(C)CC)N(C)CC1CCOC1.I. The number of carbonyl (C=O) groups excluding carboxylic acids is 1. The van der Waals surface area contributed by atoms with Crippen molar-refractivity contribution in [2.45, 2.75) is 46.1 Å². The van der Waals surface area contributed by atoms with Gasteiger partial charge in [0.2, 0.25) is 5.91 Å². The monoisotopic (exact) mass is 440 g/mol. The summed E-state index contributed by atoms with van der Waals surface area (Å²) in [4.78, 5) is 18.5. The zero-order chi connectivity index (χ0) is 16.4. The molecule has 6 nitrogen and oxygen atoms in total. The fourth-order valence-electron chi connectivity index (χ4n) is 2.38. The second kappa shape index (κ2) is 12.8. The van der Waals surface area contributed by atoms with E-state index in [0.29, 0.717) is 18.9 Å². The minimum atomic E-state index is 0. The van der Waals surface area contributed by atoms with Crippen molar-refractivity contribution < 1.29 is 9.53 Å². The predicted molar refractivity (Wildman–Crippen MR) is 105 cm³/mol. The minimum absolute atomic E-state index is 0. The van der Waals surface area contributed by atoms with Crippen LogP contribution in [0, 0.1) is 5.92 Å². The molecule has 1 saturated heterocycles. The molecule has 0 spiro atoms. The van der Waals surface area contributed by atoms with E-state index in [1.54, 1.807) is 0 Å². The molecule has 7 heteroatoms. The first-order chi connectivity index (χ1) is 10.6. The summed E-state index contributed by atoms with van der Waals surface area (Å²) in [7, 11) is 2.04. The van der Waals surface area contributed by atoms with Crippen LogP contribution in [-0.4, -0.2) is 62.7 Å². The van der Waals surface area contributed by atoms with Crippen LogP contribution in [0.5, 0.6) is 0 Å². The molecule has 0 bridgehead atoms. The lowest BCUT2D eigenvalue weighted by Crippen LogP contribution is -2.41. The molecule has 0 aromatic carbocycles. The molecule has 0 aromatic heterocycles. The van der Waals surface area contributed by atoms with E-state index in [-0.39, 0.29) is 35.9 Å². The maximum Gasteiger partial charge on any atom is 0.222 e. The molecule has 136 valence electrons. The second-order valence-corrected chi connectivity index (χ2v) is 5.97.